The van der Waals surface area contributed by atoms with Crippen molar-refractivity contribution in [3.8, 4) is 0 Å². The monoisotopic (exact) mass is 319 g/mol. The highest BCUT2D eigenvalue weighted by molar-refractivity contribution is 7.98. The zero-order valence-electron chi connectivity index (χ0n) is 10.7. The smallest absolute Gasteiger partial charge is 0.274 e. The Morgan fingerprint density at radius 2 is 2.05 bits per heavy atom. The highest BCUT2D eigenvalue weighted by Crippen LogP contribution is 2.32. The van der Waals surface area contributed by atoms with Crippen LogP contribution in [0.15, 0.2) is 47.6 Å². The van der Waals surface area contributed by atoms with Crippen molar-refractivity contribution < 1.29 is 4.92 Å². The molecule has 0 aliphatic rings. The molecule has 0 fully saturated rings. The fraction of sp³-hybridized carbons (Fsp3) is 0.0714. The first-order valence-corrected chi connectivity index (χ1v) is 7.51. The number of thioether (sulfide) groups is 1. The summed E-state index contributed by atoms with van der Waals surface area (Å²) in [6.07, 6.45) is 0. The second-order valence-electron chi connectivity index (χ2n) is 4.34. The zero-order valence-corrected chi connectivity index (χ0v) is 12.3. The standard InChI is InChI=1S/C14H10ClN3O2S/c15-10-4-3-7-13(18(19)20)9(10)8-21-14-16-11-5-1-2-6-12(11)17-14/h1-7H,8H2,(H,16,17). The summed E-state index contributed by atoms with van der Waals surface area (Å²) in [6.45, 7) is 0. The van der Waals surface area contributed by atoms with E-state index in [0.717, 1.165) is 11.0 Å². The van der Waals surface area contributed by atoms with Gasteiger partial charge in [-0.05, 0) is 18.2 Å². The number of nitro groups is 1. The molecule has 0 spiro atoms. The normalized spacial score (nSPS) is 10.9. The lowest BCUT2D eigenvalue weighted by atomic mass is 10.2. The van der Waals surface area contributed by atoms with Crippen LogP contribution >= 0.6 is 23.4 Å². The fourth-order valence-electron chi connectivity index (χ4n) is 2.00. The van der Waals surface area contributed by atoms with Gasteiger partial charge in [0, 0.05) is 11.8 Å². The zero-order chi connectivity index (χ0) is 14.8. The second-order valence-corrected chi connectivity index (χ2v) is 5.71. The number of nitrogens with one attached hydrogen (secondary N) is 1. The predicted octanol–water partition coefficient (Wildman–Crippen LogP) is 4.42. The Hall–Kier alpha value is -2.05. The minimum absolute atomic E-state index is 0.0334. The molecule has 7 heteroatoms. The summed E-state index contributed by atoms with van der Waals surface area (Å²) < 4.78 is 0. The van der Waals surface area contributed by atoms with E-state index in [2.05, 4.69) is 9.97 Å². The minimum Gasteiger partial charge on any atom is -0.333 e. The van der Waals surface area contributed by atoms with Crippen LogP contribution in [-0.2, 0) is 5.75 Å². The van der Waals surface area contributed by atoms with E-state index in [-0.39, 0.29) is 5.69 Å². The Morgan fingerprint density at radius 1 is 1.24 bits per heavy atom. The third kappa shape index (κ3) is 2.86. The largest absolute Gasteiger partial charge is 0.333 e. The number of rotatable bonds is 4. The van der Waals surface area contributed by atoms with E-state index >= 15 is 0 Å². The molecule has 3 aromatic rings. The van der Waals surface area contributed by atoms with Crippen LogP contribution in [0.2, 0.25) is 5.02 Å². The van der Waals surface area contributed by atoms with E-state index in [4.69, 9.17) is 11.6 Å². The van der Waals surface area contributed by atoms with Gasteiger partial charge in [0.15, 0.2) is 5.16 Å². The van der Waals surface area contributed by atoms with Crippen molar-refractivity contribution in [2.45, 2.75) is 10.9 Å². The van der Waals surface area contributed by atoms with E-state index in [1.54, 1.807) is 12.1 Å². The molecule has 0 saturated carbocycles. The van der Waals surface area contributed by atoms with E-state index < -0.39 is 4.92 Å². The number of hydrogen-bond donors (Lipinski definition) is 1. The number of hydrogen-bond acceptors (Lipinski definition) is 4. The average molecular weight is 320 g/mol. The van der Waals surface area contributed by atoms with Gasteiger partial charge in [-0.25, -0.2) is 4.98 Å². The van der Waals surface area contributed by atoms with Crippen LogP contribution in [0.1, 0.15) is 5.56 Å². The molecule has 1 heterocycles. The number of nitrogens with zero attached hydrogens (tertiary/aromatic N) is 2. The number of aromatic nitrogens is 2. The molecule has 0 saturated heterocycles. The second kappa shape index (κ2) is 5.75. The molecule has 106 valence electrons. The quantitative estimate of drug-likeness (QED) is 0.439. The molecule has 0 aliphatic carbocycles. The molecular weight excluding hydrogens is 310 g/mol. The summed E-state index contributed by atoms with van der Waals surface area (Å²) in [4.78, 5) is 18.2. The molecule has 3 rings (SSSR count). The van der Waals surface area contributed by atoms with Crippen LogP contribution in [0.3, 0.4) is 0 Å². The van der Waals surface area contributed by atoms with E-state index in [0.29, 0.717) is 21.5 Å². The van der Waals surface area contributed by atoms with E-state index in [1.807, 2.05) is 24.3 Å². The summed E-state index contributed by atoms with van der Waals surface area (Å²) in [5.74, 6) is 0.385. The summed E-state index contributed by atoms with van der Waals surface area (Å²) in [5, 5.41) is 12.1. The van der Waals surface area contributed by atoms with Gasteiger partial charge >= 0.3 is 0 Å². The minimum atomic E-state index is -0.416. The van der Waals surface area contributed by atoms with Gasteiger partial charge < -0.3 is 4.98 Å². The lowest BCUT2D eigenvalue weighted by Gasteiger charge is -2.03. The van der Waals surface area contributed by atoms with Crippen LogP contribution in [0, 0.1) is 10.1 Å². The van der Waals surface area contributed by atoms with Gasteiger partial charge in [-0.3, -0.25) is 10.1 Å². The first-order chi connectivity index (χ1) is 10.1. The molecule has 5 nitrogen and oxygen atoms in total. The van der Waals surface area contributed by atoms with Crippen molar-refractivity contribution in [1.82, 2.24) is 9.97 Å². The third-order valence-corrected chi connectivity index (χ3v) is 4.27. The first-order valence-electron chi connectivity index (χ1n) is 6.14. The number of halogens is 1. The highest BCUT2D eigenvalue weighted by atomic mass is 35.5. The molecule has 1 aromatic heterocycles. The maximum absolute atomic E-state index is 11.0. The molecule has 0 atom stereocenters. The maximum atomic E-state index is 11.0. The Bertz CT molecular complexity index is 786. The summed E-state index contributed by atoms with van der Waals surface area (Å²) >= 11 is 7.46. The van der Waals surface area contributed by atoms with Crippen LogP contribution in [0.5, 0.6) is 0 Å². The molecule has 21 heavy (non-hydrogen) atoms. The molecule has 0 unspecified atom stereocenters. The predicted molar refractivity (Wildman–Crippen MR) is 83.8 cm³/mol. The van der Waals surface area contributed by atoms with Gasteiger partial charge in [0.1, 0.15) is 0 Å². The Morgan fingerprint density at radius 3 is 2.81 bits per heavy atom. The Balaban J connectivity index is 1.86. The van der Waals surface area contributed by atoms with E-state index in [9.17, 15) is 10.1 Å². The van der Waals surface area contributed by atoms with Crippen molar-refractivity contribution in [2.75, 3.05) is 0 Å². The molecule has 0 bridgehead atoms. The van der Waals surface area contributed by atoms with Crippen LogP contribution < -0.4 is 0 Å². The first kappa shape index (κ1) is 13.9. The number of H-pyrrole nitrogens is 1. The highest BCUT2D eigenvalue weighted by Gasteiger charge is 2.17. The number of para-hydroxylation sites is 2. The maximum Gasteiger partial charge on any atom is 0.274 e. The van der Waals surface area contributed by atoms with Gasteiger partial charge in [-0.1, -0.05) is 41.6 Å². The molecular formula is C14H10ClN3O2S. The fourth-order valence-corrected chi connectivity index (χ4v) is 3.24. The average Bonchev–Trinajstić information content (AvgIpc) is 2.88. The molecule has 2 aromatic carbocycles. The number of aromatic amines is 1. The van der Waals surface area contributed by atoms with Gasteiger partial charge in [0.2, 0.25) is 0 Å². The van der Waals surface area contributed by atoms with Gasteiger partial charge in [0.25, 0.3) is 5.69 Å². The van der Waals surface area contributed by atoms with Crippen molar-refractivity contribution in [3.63, 3.8) is 0 Å². The summed E-state index contributed by atoms with van der Waals surface area (Å²) in [5.41, 5.74) is 2.35. The van der Waals surface area contributed by atoms with Crippen LogP contribution in [0.4, 0.5) is 5.69 Å². The number of imidazole rings is 1. The van der Waals surface area contributed by atoms with Gasteiger partial charge in [-0.2, -0.15) is 0 Å². The lowest BCUT2D eigenvalue weighted by molar-refractivity contribution is -0.385. The summed E-state index contributed by atoms with van der Waals surface area (Å²) in [7, 11) is 0. The summed E-state index contributed by atoms with van der Waals surface area (Å²) in [6, 6.07) is 12.4. The van der Waals surface area contributed by atoms with Crippen molar-refractivity contribution in [1.29, 1.82) is 0 Å². The molecule has 0 radical (unpaired) electrons. The number of fused-ring (bicyclic) bond motifs is 1. The van der Waals surface area contributed by atoms with E-state index in [1.165, 1.54) is 17.8 Å². The van der Waals surface area contributed by atoms with Crippen molar-refractivity contribution >= 4 is 40.1 Å². The lowest BCUT2D eigenvalue weighted by Crippen LogP contribution is -1.95. The molecule has 1 N–H and O–H groups in total. The topological polar surface area (TPSA) is 71.8 Å². The van der Waals surface area contributed by atoms with Crippen LogP contribution in [-0.4, -0.2) is 14.9 Å². The Labute approximate surface area is 129 Å². The Kier molecular flexibility index (Phi) is 3.81. The number of nitro benzene ring substituents is 1. The third-order valence-electron chi connectivity index (χ3n) is 3.01. The SMILES string of the molecule is O=[N+]([O-])c1cccc(Cl)c1CSc1nc2ccccc2[nH]1. The van der Waals surface area contributed by atoms with Gasteiger partial charge in [-0.15, -0.1) is 0 Å². The molecule has 0 amide bonds. The molecule has 0 aliphatic heterocycles. The van der Waals surface area contributed by atoms with Gasteiger partial charge in [0.05, 0.1) is 26.5 Å². The number of benzene rings is 2. The van der Waals surface area contributed by atoms with Crippen LogP contribution in [0.25, 0.3) is 11.0 Å². The van der Waals surface area contributed by atoms with Crippen molar-refractivity contribution in [3.05, 3.63) is 63.2 Å². The van der Waals surface area contributed by atoms with Crippen molar-refractivity contribution in [2.24, 2.45) is 0 Å².